The number of carbonyl (C=O) groups excluding carboxylic acids is 3. The van der Waals surface area contributed by atoms with E-state index in [0.717, 1.165) is 76.3 Å². The average molecular weight is 1270 g/mol. The number of fused-ring (bicyclic) bond motifs is 3. The number of carbonyl (C=O) groups is 3. The van der Waals surface area contributed by atoms with Gasteiger partial charge in [-0.3, -0.25) is 9.59 Å². The van der Waals surface area contributed by atoms with Crippen molar-refractivity contribution in [3.63, 3.8) is 0 Å². The van der Waals surface area contributed by atoms with Crippen molar-refractivity contribution in [2.45, 2.75) is 57.0 Å². The van der Waals surface area contributed by atoms with Crippen LogP contribution in [0.2, 0.25) is 0 Å². The predicted molar refractivity (Wildman–Crippen MR) is 269 cm³/mol. The number of pyridine rings is 2. The molecule has 0 bridgehead atoms. The Labute approximate surface area is 417 Å². The first kappa shape index (κ1) is 50.0. The third-order valence-electron chi connectivity index (χ3n) is 11.5. The van der Waals surface area contributed by atoms with Crippen molar-refractivity contribution in [2.24, 2.45) is 0 Å². The van der Waals surface area contributed by atoms with Gasteiger partial charge in [0.05, 0.1) is 11.1 Å². The number of piperazine rings is 2. The first-order valence-electron chi connectivity index (χ1n) is 21.9. The zero-order valence-corrected chi connectivity index (χ0v) is 43.8. The van der Waals surface area contributed by atoms with Gasteiger partial charge in [0, 0.05) is 96.7 Å². The third kappa shape index (κ3) is 14.8. The Morgan fingerprint density at radius 1 is 0.662 bits per heavy atom. The van der Waals surface area contributed by atoms with Gasteiger partial charge in [-0.2, -0.15) is 0 Å². The molecule has 348 valence electrons. The van der Waals surface area contributed by atoms with Crippen LogP contribution in [0.25, 0.3) is 11.1 Å². The molecule has 4 aromatic rings. The summed E-state index contributed by atoms with van der Waals surface area (Å²) in [6, 6.07) is 23.8. The summed E-state index contributed by atoms with van der Waals surface area (Å²) in [7, 11) is 0. The Hall–Kier alpha value is -2.88. The van der Waals surface area contributed by atoms with Gasteiger partial charge in [0.1, 0.15) is 18.2 Å². The second kappa shape index (κ2) is 26.0. The fourth-order valence-electron chi connectivity index (χ4n) is 8.08. The number of nitrogens with zero attached hydrogens (tertiary/aromatic N) is 5. The molecule has 2 unspecified atom stereocenters. The summed E-state index contributed by atoms with van der Waals surface area (Å²) in [5.74, 6) is 1.05. The minimum absolute atomic E-state index is 0.0446. The van der Waals surface area contributed by atoms with Crippen LogP contribution in [-0.2, 0) is 28.8 Å². The maximum atomic E-state index is 12.9. The van der Waals surface area contributed by atoms with E-state index in [0.29, 0.717) is 57.1 Å². The maximum absolute atomic E-state index is 12.9. The quantitative estimate of drug-likeness (QED) is 0.105. The van der Waals surface area contributed by atoms with Crippen molar-refractivity contribution < 1.29 is 43.2 Å². The molecular formula is C45H54I3N8O8V. The standard InChI is InChI=1S/C30H32N4O5.C15H22N4O3.3HI.V/c35-29(32-39-28-11-5-6-18-37-28)21-12-13-27(31-19-21)33-14-16-34(17-15-33)30(36)38-20-26-24-9-3-1-7-22(24)23-8-2-4-10-25(23)26;20-15(18-22-14-3-1-2-10-21-14)12-4-5-13(17-11-12)19-8-6-16-7-9-19;;;;/h1-4,7-10,12-13,19,26,28H,5-6,11,14-18,20H2,(H,32,35);4-5,11,14,16H,1-3,6-10H2,(H,18,20);3*1H;/q;;;;;+3/p-3. The summed E-state index contributed by atoms with van der Waals surface area (Å²) >= 11 is 7.39. The van der Waals surface area contributed by atoms with Crippen LogP contribution in [0.1, 0.15) is 76.3 Å². The summed E-state index contributed by atoms with van der Waals surface area (Å²) in [6.45, 7) is 7.75. The van der Waals surface area contributed by atoms with Crippen LogP contribution in [0, 0.1) is 0 Å². The number of halogens is 3. The van der Waals surface area contributed by atoms with Crippen molar-refractivity contribution in [1.29, 1.82) is 0 Å². The number of hydrogen-bond donors (Lipinski definition) is 3. The molecule has 2 aromatic carbocycles. The predicted octanol–water partition coefficient (Wildman–Crippen LogP) is 7.67. The van der Waals surface area contributed by atoms with Crippen LogP contribution in [0.3, 0.4) is 0 Å². The van der Waals surface area contributed by atoms with E-state index in [1.54, 1.807) is 23.2 Å². The second-order valence-electron chi connectivity index (χ2n) is 15.7. The Morgan fingerprint density at radius 3 is 1.58 bits per heavy atom. The topological polar surface area (TPSA) is 169 Å². The van der Waals surface area contributed by atoms with Crippen molar-refractivity contribution >= 4 is 89.5 Å². The van der Waals surface area contributed by atoms with Crippen molar-refractivity contribution in [3.8, 4) is 11.1 Å². The summed E-state index contributed by atoms with van der Waals surface area (Å²) in [5.41, 5.74) is 10.6. The molecule has 2 atom stereocenters. The number of hydroxylamine groups is 2. The molecule has 3 amide bonds. The van der Waals surface area contributed by atoms with Crippen LogP contribution in [0.5, 0.6) is 0 Å². The van der Waals surface area contributed by atoms with E-state index in [2.05, 4.69) is 120 Å². The molecule has 6 heterocycles. The molecule has 4 aliphatic heterocycles. The number of ether oxygens (including phenoxy) is 3. The molecule has 65 heavy (non-hydrogen) atoms. The van der Waals surface area contributed by atoms with Gasteiger partial charge < -0.3 is 34.2 Å². The van der Waals surface area contributed by atoms with Gasteiger partial charge in [0.2, 0.25) is 0 Å². The van der Waals surface area contributed by atoms with E-state index in [-0.39, 0.29) is 35.0 Å². The molecule has 16 nitrogen and oxygen atoms in total. The number of aromatic nitrogens is 2. The Kier molecular flexibility index (Phi) is 20.0. The summed E-state index contributed by atoms with van der Waals surface area (Å²) in [4.78, 5) is 62.6. The summed E-state index contributed by atoms with van der Waals surface area (Å²) in [6.07, 6.45) is 7.79. The van der Waals surface area contributed by atoms with Gasteiger partial charge in [-0.15, -0.1) is 0 Å². The average Bonchev–Trinajstić information content (AvgIpc) is 3.68. The Bertz CT molecular complexity index is 2090. The zero-order chi connectivity index (χ0) is 45.4. The molecule has 0 radical (unpaired) electrons. The first-order chi connectivity index (χ1) is 31.7. The normalized spacial score (nSPS) is 19.4. The Morgan fingerprint density at radius 2 is 1.14 bits per heavy atom. The van der Waals surface area contributed by atoms with Crippen molar-refractivity contribution in [3.05, 3.63) is 107 Å². The van der Waals surface area contributed by atoms with Crippen LogP contribution in [0.15, 0.2) is 85.2 Å². The molecule has 0 saturated carbocycles. The van der Waals surface area contributed by atoms with E-state index in [1.807, 2.05) is 36.4 Å². The summed E-state index contributed by atoms with van der Waals surface area (Å²) < 4.78 is 16.7. The molecule has 5 aliphatic rings. The van der Waals surface area contributed by atoms with Gasteiger partial charge in [-0.1, -0.05) is 48.5 Å². The van der Waals surface area contributed by atoms with E-state index in [4.69, 9.17) is 23.9 Å². The second-order valence-corrected chi connectivity index (χ2v) is 51.1. The number of hydrogen-bond acceptors (Lipinski definition) is 13. The fourth-order valence-corrected chi connectivity index (χ4v) is 8.08. The first-order valence-corrected chi connectivity index (χ1v) is 35.4. The number of benzene rings is 2. The molecule has 1 aliphatic carbocycles. The van der Waals surface area contributed by atoms with Gasteiger partial charge in [-0.25, -0.2) is 35.4 Å². The third-order valence-corrected chi connectivity index (χ3v) is 11.5. The molecule has 4 fully saturated rings. The molecule has 3 N–H and O–H groups in total. The van der Waals surface area contributed by atoms with Crippen molar-refractivity contribution in [2.75, 3.05) is 82.0 Å². The SMILES string of the molecule is O=C(NOC1CCCCO1)c1ccc(N2CCN(C(=O)OCC3c4ccccc4-c4ccccc43)CC2)nc1.O=C(NOC1CCCCO1)c1ccc(N2CCNCC2)nc1.[I][V]([I])[I]. The minimum atomic E-state index is -0.400. The van der Waals surface area contributed by atoms with Gasteiger partial charge >= 0.3 is 71.0 Å². The Balaban J connectivity index is 0.000000204. The van der Waals surface area contributed by atoms with E-state index in [9.17, 15) is 14.4 Å². The molecule has 0 spiro atoms. The van der Waals surface area contributed by atoms with Crippen LogP contribution >= 0.6 is 59.9 Å². The monoisotopic (exact) mass is 1270 g/mol. The van der Waals surface area contributed by atoms with Crippen molar-refractivity contribution in [1.82, 2.24) is 31.1 Å². The van der Waals surface area contributed by atoms with E-state index in [1.165, 1.54) is 28.5 Å². The number of anilines is 2. The number of rotatable bonds is 10. The molecular weight excluding hydrogens is 1210 g/mol. The zero-order valence-electron chi connectivity index (χ0n) is 35.9. The van der Waals surface area contributed by atoms with Gasteiger partial charge in [0.15, 0.2) is 12.6 Å². The number of amides is 3. The molecule has 2 aromatic heterocycles. The molecule has 20 heteroatoms. The molecule has 9 rings (SSSR count). The number of nitrogens with one attached hydrogen (secondary N) is 3. The molecule has 4 saturated heterocycles. The van der Waals surface area contributed by atoms with E-state index >= 15 is 0 Å². The van der Waals surface area contributed by atoms with E-state index < -0.39 is 6.29 Å². The van der Waals surface area contributed by atoms with Crippen LogP contribution in [-0.4, -0.2) is 118 Å². The van der Waals surface area contributed by atoms with Crippen LogP contribution in [0.4, 0.5) is 16.4 Å². The summed E-state index contributed by atoms with van der Waals surface area (Å²) in [5, 5.41) is 3.30. The van der Waals surface area contributed by atoms with Gasteiger partial charge in [0.25, 0.3) is 11.8 Å². The fraction of sp³-hybridized carbons (Fsp3) is 0.444. The van der Waals surface area contributed by atoms with Crippen LogP contribution < -0.4 is 26.1 Å². The van der Waals surface area contributed by atoms with Gasteiger partial charge in [-0.05, 0) is 72.2 Å².